The lowest BCUT2D eigenvalue weighted by atomic mass is 9.98. The summed E-state index contributed by atoms with van der Waals surface area (Å²) in [6.45, 7) is 6.30. The van der Waals surface area contributed by atoms with Gasteiger partial charge in [0.05, 0.1) is 6.26 Å². The van der Waals surface area contributed by atoms with E-state index in [1.54, 1.807) is 12.1 Å². The van der Waals surface area contributed by atoms with Gasteiger partial charge in [-0.3, -0.25) is 14.5 Å². The molecule has 0 radical (unpaired) electrons. The standard InChI is InChI=1S/C22H29N3O3/c1-17-9-12-25(13-10-17)16-19-6-3-2-5-18(19)15-24-21(26)8-11-23-22(27)20-7-4-14-28-20/h2-7,14,17H,8-13,15-16H2,1H3,(H,23,27)(H,24,26). The van der Waals surface area contributed by atoms with Crippen molar-refractivity contribution in [1.29, 1.82) is 0 Å². The van der Waals surface area contributed by atoms with Gasteiger partial charge in [-0.25, -0.2) is 0 Å². The normalized spacial score (nSPS) is 15.3. The Morgan fingerprint density at radius 2 is 1.82 bits per heavy atom. The maximum absolute atomic E-state index is 12.1. The number of hydrogen-bond donors (Lipinski definition) is 2. The van der Waals surface area contributed by atoms with Crippen LogP contribution in [0.15, 0.2) is 47.1 Å². The van der Waals surface area contributed by atoms with Crippen LogP contribution in [0.1, 0.15) is 47.9 Å². The molecule has 6 nitrogen and oxygen atoms in total. The Bertz CT molecular complexity index is 765. The average molecular weight is 383 g/mol. The van der Waals surface area contributed by atoms with Crippen LogP contribution in [0.25, 0.3) is 0 Å². The van der Waals surface area contributed by atoms with Crippen molar-refractivity contribution in [2.24, 2.45) is 5.92 Å². The topological polar surface area (TPSA) is 74.6 Å². The smallest absolute Gasteiger partial charge is 0.286 e. The molecule has 3 rings (SSSR count). The van der Waals surface area contributed by atoms with Gasteiger partial charge >= 0.3 is 0 Å². The molecule has 28 heavy (non-hydrogen) atoms. The largest absolute Gasteiger partial charge is 0.459 e. The first kappa shape index (κ1) is 20.1. The van der Waals surface area contributed by atoms with E-state index in [2.05, 4.69) is 40.7 Å². The predicted octanol–water partition coefficient (Wildman–Crippen LogP) is 2.95. The highest BCUT2D eigenvalue weighted by molar-refractivity contribution is 5.91. The number of furan rings is 1. The average Bonchev–Trinajstić information content (AvgIpc) is 3.24. The summed E-state index contributed by atoms with van der Waals surface area (Å²) in [5.41, 5.74) is 2.41. The van der Waals surface area contributed by atoms with Gasteiger partial charge in [0, 0.05) is 26.1 Å². The van der Waals surface area contributed by atoms with Crippen molar-refractivity contribution >= 4 is 11.8 Å². The number of rotatable bonds is 8. The number of benzene rings is 1. The Balaban J connectivity index is 1.42. The molecule has 1 aliphatic heterocycles. The van der Waals surface area contributed by atoms with Crippen LogP contribution in [0.4, 0.5) is 0 Å². The highest BCUT2D eigenvalue weighted by Crippen LogP contribution is 2.19. The van der Waals surface area contributed by atoms with Crippen molar-refractivity contribution in [3.05, 3.63) is 59.5 Å². The number of nitrogens with zero attached hydrogens (tertiary/aromatic N) is 1. The predicted molar refractivity (Wildman–Crippen MR) is 108 cm³/mol. The monoisotopic (exact) mass is 383 g/mol. The van der Waals surface area contributed by atoms with Gasteiger partial charge < -0.3 is 15.1 Å². The van der Waals surface area contributed by atoms with Crippen molar-refractivity contribution in [3.63, 3.8) is 0 Å². The fourth-order valence-electron chi connectivity index (χ4n) is 3.41. The summed E-state index contributed by atoms with van der Waals surface area (Å²) in [6, 6.07) is 11.5. The van der Waals surface area contributed by atoms with Crippen LogP contribution in [-0.2, 0) is 17.9 Å². The second-order valence-electron chi connectivity index (χ2n) is 7.49. The van der Waals surface area contributed by atoms with Crippen LogP contribution >= 0.6 is 0 Å². The third kappa shape index (κ3) is 5.96. The summed E-state index contributed by atoms with van der Waals surface area (Å²) in [5.74, 6) is 0.681. The van der Waals surface area contributed by atoms with Crippen LogP contribution in [0.2, 0.25) is 0 Å². The van der Waals surface area contributed by atoms with E-state index >= 15 is 0 Å². The fourth-order valence-corrected chi connectivity index (χ4v) is 3.41. The molecule has 0 saturated carbocycles. The van der Waals surface area contributed by atoms with E-state index in [0.29, 0.717) is 6.54 Å². The molecule has 2 amide bonds. The summed E-state index contributed by atoms with van der Waals surface area (Å²) < 4.78 is 5.02. The van der Waals surface area contributed by atoms with Gasteiger partial charge in [-0.1, -0.05) is 31.2 Å². The van der Waals surface area contributed by atoms with Crippen molar-refractivity contribution < 1.29 is 14.0 Å². The molecule has 1 aromatic carbocycles. The zero-order valence-corrected chi connectivity index (χ0v) is 16.4. The number of likely N-dealkylation sites (tertiary alicyclic amines) is 1. The Labute approximate surface area is 166 Å². The van der Waals surface area contributed by atoms with Crippen molar-refractivity contribution in [3.8, 4) is 0 Å². The van der Waals surface area contributed by atoms with Crippen LogP contribution in [0, 0.1) is 5.92 Å². The van der Waals surface area contributed by atoms with E-state index in [-0.39, 0.29) is 30.5 Å². The highest BCUT2D eigenvalue weighted by Gasteiger charge is 2.17. The van der Waals surface area contributed by atoms with Crippen LogP contribution in [0.5, 0.6) is 0 Å². The van der Waals surface area contributed by atoms with Crippen molar-refractivity contribution in [2.75, 3.05) is 19.6 Å². The Morgan fingerprint density at radius 1 is 1.07 bits per heavy atom. The highest BCUT2D eigenvalue weighted by atomic mass is 16.3. The molecule has 2 heterocycles. The van der Waals surface area contributed by atoms with E-state index in [4.69, 9.17) is 4.42 Å². The minimum Gasteiger partial charge on any atom is -0.459 e. The van der Waals surface area contributed by atoms with E-state index in [0.717, 1.165) is 31.1 Å². The van der Waals surface area contributed by atoms with Gasteiger partial charge in [-0.2, -0.15) is 0 Å². The number of carbonyl (C=O) groups excluding carboxylic acids is 2. The molecule has 1 saturated heterocycles. The molecular formula is C22H29N3O3. The summed E-state index contributed by atoms with van der Waals surface area (Å²) >= 11 is 0. The van der Waals surface area contributed by atoms with E-state index < -0.39 is 0 Å². The van der Waals surface area contributed by atoms with Gasteiger partial charge in [0.25, 0.3) is 5.91 Å². The number of nitrogens with one attached hydrogen (secondary N) is 2. The van der Waals surface area contributed by atoms with E-state index in [1.165, 1.54) is 24.7 Å². The number of hydrogen-bond acceptors (Lipinski definition) is 4. The quantitative estimate of drug-likeness (QED) is 0.735. The maximum atomic E-state index is 12.1. The molecule has 0 bridgehead atoms. The Hall–Kier alpha value is -2.60. The molecule has 0 aliphatic carbocycles. The molecule has 2 aromatic rings. The Morgan fingerprint density at radius 3 is 2.54 bits per heavy atom. The fraction of sp³-hybridized carbons (Fsp3) is 0.455. The summed E-state index contributed by atoms with van der Waals surface area (Å²) in [5, 5.41) is 5.64. The lowest BCUT2D eigenvalue weighted by Gasteiger charge is -2.30. The van der Waals surface area contributed by atoms with Gasteiger partial charge in [0.15, 0.2) is 5.76 Å². The van der Waals surface area contributed by atoms with Crippen LogP contribution in [-0.4, -0.2) is 36.3 Å². The van der Waals surface area contributed by atoms with Crippen LogP contribution in [0.3, 0.4) is 0 Å². The first-order chi connectivity index (χ1) is 13.6. The van der Waals surface area contributed by atoms with Gasteiger partial charge in [-0.05, 0) is 55.1 Å². The lowest BCUT2D eigenvalue weighted by molar-refractivity contribution is -0.121. The minimum absolute atomic E-state index is 0.0821. The van der Waals surface area contributed by atoms with Crippen molar-refractivity contribution in [1.82, 2.24) is 15.5 Å². The molecule has 0 unspecified atom stereocenters. The van der Waals surface area contributed by atoms with Gasteiger partial charge in [-0.15, -0.1) is 0 Å². The van der Waals surface area contributed by atoms with Crippen molar-refractivity contribution in [2.45, 2.75) is 39.3 Å². The SMILES string of the molecule is CC1CCN(Cc2ccccc2CNC(=O)CCNC(=O)c2ccco2)CC1. The summed E-state index contributed by atoms with van der Waals surface area (Å²) in [7, 11) is 0. The lowest BCUT2D eigenvalue weighted by Crippen LogP contribution is -2.33. The van der Waals surface area contributed by atoms with E-state index in [1.807, 2.05) is 6.07 Å². The Kier molecular flexibility index (Phi) is 7.25. The first-order valence-corrected chi connectivity index (χ1v) is 9.99. The number of amides is 2. The second-order valence-corrected chi connectivity index (χ2v) is 7.49. The third-order valence-electron chi connectivity index (χ3n) is 5.25. The number of piperidine rings is 1. The summed E-state index contributed by atoms with van der Waals surface area (Å²) in [4.78, 5) is 26.4. The molecule has 6 heteroatoms. The van der Waals surface area contributed by atoms with Gasteiger partial charge in [0.2, 0.25) is 5.91 Å². The third-order valence-corrected chi connectivity index (χ3v) is 5.25. The first-order valence-electron chi connectivity index (χ1n) is 9.99. The molecule has 1 aromatic heterocycles. The van der Waals surface area contributed by atoms with E-state index in [9.17, 15) is 9.59 Å². The molecular weight excluding hydrogens is 354 g/mol. The molecule has 0 atom stereocenters. The van der Waals surface area contributed by atoms with Crippen LogP contribution < -0.4 is 10.6 Å². The molecule has 2 N–H and O–H groups in total. The molecule has 150 valence electrons. The zero-order chi connectivity index (χ0) is 19.8. The summed E-state index contributed by atoms with van der Waals surface area (Å²) in [6.07, 6.45) is 4.19. The zero-order valence-electron chi connectivity index (χ0n) is 16.4. The molecule has 0 spiro atoms. The van der Waals surface area contributed by atoms with Gasteiger partial charge in [0.1, 0.15) is 0 Å². The molecule has 1 aliphatic rings. The maximum Gasteiger partial charge on any atom is 0.286 e. The minimum atomic E-state index is -0.306. The second kappa shape index (κ2) is 10.1. The number of carbonyl (C=O) groups is 2. The molecule has 1 fully saturated rings.